The van der Waals surface area contributed by atoms with Crippen molar-refractivity contribution in [2.75, 3.05) is 13.1 Å². The Kier molecular flexibility index (Phi) is 4.89. The highest BCUT2D eigenvalue weighted by Gasteiger charge is 2.01. The predicted octanol–water partition coefficient (Wildman–Crippen LogP) is 0.909. The summed E-state index contributed by atoms with van der Waals surface area (Å²) in [5.41, 5.74) is 6.31. The lowest BCUT2D eigenvalue weighted by Gasteiger charge is -2.03. The second kappa shape index (κ2) is 5.98. The van der Waals surface area contributed by atoms with E-state index in [-0.39, 0.29) is 5.91 Å². The highest BCUT2D eigenvalue weighted by molar-refractivity contribution is 14.1. The molecule has 0 aromatic heterocycles. The monoisotopic (exact) mass is 304 g/mol. The van der Waals surface area contributed by atoms with Gasteiger partial charge in [0.15, 0.2) is 0 Å². The molecule has 0 radical (unpaired) electrons. The van der Waals surface area contributed by atoms with Crippen LogP contribution in [0.1, 0.15) is 5.56 Å². The lowest BCUT2D eigenvalue weighted by atomic mass is 10.1. The van der Waals surface area contributed by atoms with E-state index in [1.165, 1.54) is 0 Å². The first-order valence-corrected chi connectivity index (χ1v) is 5.51. The molecule has 0 saturated carbocycles. The molecule has 76 valence electrons. The maximum atomic E-state index is 11.3. The SMILES string of the molecule is NCCNC(=O)Cc1cccc(I)c1. The van der Waals surface area contributed by atoms with Crippen molar-refractivity contribution in [3.05, 3.63) is 33.4 Å². The maximum absolute atomic E-state index is 11.3. The summed E-state index contributed by atoms with van der Waals surface area (Å²) in [5.74, 6) is 0.0254. The van der Waals surface area contributed by atoms with Gasteiger partial charge in [0.2, 0.25) is 5.91 Å². The summed E-state index contributed by atoms with van der Waals surface area (Å²) in [4.78, 5) is 11.3. The molecule has 0 aliphatic rings. The summed E-state index contributed by atoms with van der Waals surface area (Å²) in [6, 6.07) is 7.90. The quantitative estimate of drug-likeness (QED) is 0.812. The highest BCUT2D eigenvalue weighted by atomic mass is 127. The van der Waals surface area contributed by atoms with Crippen molar-refractivity contribution < 1.29 is 4.79 Å². The third kappa shape index (κ3) is 4.06. The van der Waals surface area contributed by atoms with Crippen molar-refractivity contribution in [3.8, 4) is 0 Å². The first-order chi connectivity index (χ1) is 6.72. The number of hydrogen-bond donors (Lipinski definition) is 2. The van der Waals surface area contributed by atoms with Gasteiger partial charge in [-0.15, -0.1) is 0 Å². The Bertz CT molecular complexity index is 315. The van der Waals surface area contributed by atoms with Crippen molar-refractivity contribution in [1.29, 1.82) is 0 Å². The van der Waals surface area contributed by atoms with Crippen LogP contribution in [0, 0.1) is 3.57 Å². The molecule has 0 fully saturated rings. The second-order valence-electron chi connectivity index (χ2n) is 2.95. The number of benzene rings is 1. The average molecular weight is 304 g/mol. The van der Waals surface area contributed by atoms with Crippen LogP contribution in [0.5, 0.6) is 0 Å². The second-order valence-corrected chi connectivity index (χ2v) is 4.19. The Labute approximate surface area is 97.2 Å². The number of nitrogens with two attached hydrogens (primary N) is 1. The summed E-state index contributed by atoms with van der Waals surface area (Å²) in [7, 11) is 0. The van der Waals surface area contributed by atoms with Crippen LogP contribution in [0.2, 0.25) is 0 Å². The van der Waals surface area contributed by atoms with Crippen LogP contribution in [0.25, 0.3) is 0 Å². The summed E-state index contributed by atoms with van der Waals surface area (Å²) in [5, 5.41) is 2.73. The van der Waals surface area contributed by atoms with Crippen molar-refractivity contribution in [3.63, 3.8) is 0 Å². The lowest BCUT2D eigenvalue weighted by Crippen LogP contribution is -2.30. The Balaban J connectivity index is 2.47. The summed E-state index contributed by atoms with van der Waals surface area (Å²) in [6.07, 6.45) is 0.427. The van der Waals surface area contributed by atoms with E-state index in [0.29, 0.717) is 19.5 Å². The zero-order chi connectivity index (χ0) is 10.4. The predicted molar refractivity (Wildman–Crippen MR) is 64.9 cm³/mol. The minimum Gasteiger partial charge on any atom is -0.355 e. The Morgan fingerprint density at radius 3 is 2.93 bits per heavy atom. The molecule has 3 nitrogen and oxygen atoms in total. The fourth-order valence-corrected chi connectivity index (χ4v) is 1.71. The van der Waals surface area contributed by atoms with E-state index in [0.717, 1.165) is 9.13 Å². The zero-order valence-electron chi connectivity index (χ0n) is 7.79. The molecule has 1 aromatic rings. The van der Waals surface area contributed by atoms with Crippen molar-refractivity contribution >= 4 is 28.5 Å². The summed E-state index contributed by atoms with van der Waals surface area (Å²) < 4.78 is 1.15. The van der Waals surface area contributed by atoms with Crippen LogP contribution in [0.4, 0.5) is 0 Å². The molecule has 1 amide bonds. The number of hydrogen-bond acceptors (Lipinski definition) is 2. The first kappa shape index (κ1) is 11.5. The topological polar surface area (TPSA) is 55.1 Å². The molecular weight excluding hydrogens is 291 g/mol. The Hall–Kier alpha value is -0.620. The van der Waals surface area contributed by atoms with E-state index in [1.807, 2.05) is 24.3 Å². The summed E-state index contributed by atoms with van der Waals surface area (Å²) in [6.45, 7) is 1.03. The molecule has 1 rings (SSSR count). The third-order valence-electron chi connectivity index (χ3n) is 1.72. The molecule has 14 heavy (non-hydrogen) atoms. The molecule has 0 spiro atoms. The minimum absolute atomic E-state index is 0.0254. The number of halogens is 1. The minimum atomic E-state index is 0.0254. The molecule has 4 heteroatoms. The van der Waals surface area contributed by atoms with Gasteiger partial charge >= 0.3 is 0 Å². The molecule has 0 atom stereocenters. The number of amides is 1. The molecule has 3 N–H and O–H groups in total. The number of nitrogens with one attached hydrogen (secondary N) is 1. The molecule has 0 aliphatic carbocycles. The van der Waals surface area contributed by atoms with Crippen molar-refractivity contribution in [2.24, 2.45) is 5.73 Å². The third-order valence-corrected chi connectivity index (χ3v) is 2.39. The highest BCUT2D eigenvalue weighted by Crippen LogP contribution is 2.07. The van der Waals surface area contributed by atoms with E-state index < -0.39 is 0 Å². The van der Waals surface area contributed by atoms with Gasteiger partial charge in [-0.3, -0.25) is 4.79 Å². The van der Waals surface area contributed by atoms with Gasteiger partial charge in [-0.2, -0.15) is 0 Å². The van der Waals surface area contributed by atoms with Crippen LogP contribution in [0.3, 0.4) is 0 Å². The fourth-order valence-electron chi connectivity index (χ4n) is 1.11. The lowest BCUT2D eigenvalue weighted by molar-refractivity contribution is -0.120. The largest absolute Gasteiger partial charge is 0.355 e. The number of rotatable bonds is 4. The van der Waals surface area contributed by atoms with Crippen LogP contribution < -0.4 is 11.1 Å². The van der Waals surface area contributed by atoms with E-state index >= 15 is 0 Å². The van der Waals surface area contributed by atoms with Gasteiger partial charge in [0.05, 0.1) is 6.42 Å². The van der Waals surface area contributed by atoms with E-state index in [9.17, 15) is 4.79 Å². The van der Waals surface area contributed by atoms with Crippen LogP contribution in [-0.2, 0) is 11.2 Å². The van der Waals surface area contributed by atoms with Gasteiger partial charge in [0.1, 0.15) is 0 Å². The standard InChI is InChI=1S/C10H13IN2O/c11-9-3-1-2-8(6-9)7-10(14)13-5-4-12/h1-3,6H,4-5,7,12H2,(H,13,14). The zero-order valence-corrected chi connectivity index (χ0v) is 9.95. The molecular formula is C10H13IN2O. The molecule has 0 bridgehead atoms. The maximum Gasteiger partial charge on any atom is 0.224 e. The van der Waals surface area contributed by atoms with Crippen molar-refractivity contribution in [1.82, 2.24) is 5.32 Å². The fraction of sp³-hybridized carbons (Fsp3) is 0.300. The van der Waals surface area contributed by atoms with E-state index in [1.54, 1.807) is 0 Å². The summed E-state index contributed by atoms with van der Waals surface area (Å²) >= 11 is 2.23. The van der Waals surface area contributed by atoms with E-state index in [4.69, 9.17) is 5.73 Å². The number of carbonyl (C=O) groups excluding carboxylic acids is 1. The van der Waals surface area contributed by atoms with Crippen LogP contribution in [0.15, 0.2) is 24.3 Å². The van der Waals surface area contributed by atoms with Gasteiger partial charge in [0.25, 0.3) is 0 Å². The van der Waals surface area contributed by atoms with Gasteiger partial charge in [-0.05, 0) is 40.3 Å². The van der Waals surface area contributed by atoms with Crippen molar-refractivity contribution in [2.45, 2.75) is 6.42 Å². The average Bonchev–Trinajstić information content (AvgIpc) is 2.15. The molecule has 0 saturated heterocycles. The Morgan fingerprint density at radius 1 is 1.50 bits per heavy atom. The normalized spacial score (nSPS) is 9.86. The smallest absolute Gasteiger partial charge is 0.224 e. The van der Waals surface area contributed by atoms with Crippen LogP contribution in [-0.4, -0.2) is 19.0 Å². The van der Waals surface area contributed by atoms with Gasteiger partial charge in [-0.1, -0.05) is 12.1 Å². The molecule has 1 aromatic carbocycles. The molecule has 0 aliphatic heterocycles. The van der Waals surface area contributed by atoms with Gasteiger partial charge in [-0.25, -0.2) is 0 Å². The van der Waals surface area contributed by atoms with Crippen LogP contribution >= 0.6 is 22.6 Å². The number of carbonyl (C=O) groups is 1. The Morgan fingerprint density at radius 2 is 2.29 bits per heavy atom. The molecule has 0 heterocycles. The first-order valence-electron chi connectivity index (χ1n) is 4.43. The van der Waals surface area contributed by atoms with E-state index in [2.05, 4.69) is 27.9 Å². The van der Waals surface area contributed by atoms with Gasteiger partial charge in [0, 0.05) is 16.7 Å². The van der Waals surface area contributed by atoms with Gasteiger partial charge < -0.3 is 11.1 Å². The molecule has 0 unspecified atom stereocenters.